The molecule has 0 unspecified atom stereocenters. The normalized spacial score (nSPS) is 14.1. The number of fused-ring (bicyclic) bond motifs is 1. The highest BCUT2D eigenvalue weighted by molar-refractivity contribution is 5.92. The lowest BCUT2D eigenvalue weighted by Gasteiger charge is -2.27. The third-order valence-electron chi connectivity index (χ3n) is 4.79. The van der Waals surface area contributed by atoms with Gasteiger partial charge in [-0.05, 0) is 11.6 Å². The fourth-order valence-corrected chi connectivity index (χ4v) is 3.26. The molecule has 3 aromatic rings. The standard InChI is InChI=1S/C21H24N4O3/c1-26-18-12-16-17(13-19(18)27-2)23-21(25-8-10-28-11-9-25)24-20(16)22-14-15-6-4-3-5-7-15/h3-7,12-13H,8-11,14H2,1-2H3,(H,22,23,24). The molecule has 1 fully saturated rings. The van der Waals surface area contributed by atoms with Crippen LogP contribution in [0.3, 0.4) is 0 Å². The Kier molecular flexibility index (Phi) is 5.43. The van der Waals surface area contributed by atoms with E-state index in [4.69, 9.17) is 24.2 Å². The van der Waals surface area contributed by atoms with Crippen LogP contribution in [0.15, 0.2) is 42.5 Å². The summed E-state index contributed by atoms with van der Waals surface area (Å²) in [6.45, 7) is 3.58. The van der Waals surface area contributed by atoms with Crippen LogP contribution in [0.1, 0.15) is 5.56 Å². The molecule has 1 aliphatic rings. The zero-order chi connectivity index (χ0) is 19.3. The molecule has 7 heteroatoms. The van der Waals surface area contributed by atoms with Gasteiger partial charge in [0.15, 0.2) is 11.5 Å². The van der Waals surface area contributed by atoms with Crippen LogP contribution in [-0.2, 0) is 11.3 Å². The lowest BCUT2D eigenvalue weighted by Crippen LogP contribution is -2.37. The molecule has 1 N–H and O–H groups in total. The van der Waals surface area contributed by atoms with Crippen LogP contribution in [-0.4, -0.2) is 50.5 Å². The molecule has 146 valence electrons. The molecule has 0 atom stereocenters. The van der Waals surface area contributed by atoms with Crippen molar-refractivity contribution in [1.82, 2.24) is 9.97 Å². The van der Waals surface area contributed by atoms with Crippen LogP contribution in [0.25, 0.3) is 10.9 Å². The van der Waals surface area contributed by atoms with E-state index < -0.39 is 0 Å². The summed E-state index contributed by atoms with van der Waals surface area (Å²) >= 11 is 0. The molecule has 0 radical (unpaired) electrons. The van der Waals surface area contributed by atoms with Crippen LogP contribution in [0.5, 0.6) is 11.5 Å². The Labute approximate surface area is 164 Å². The van der Waals surface area contributed by atoms with Gasteiger partial charge in [0.2, 0.25) is 5.95 Å². The first kappa shape index (κ1) is 18.3. The van der Waals surface area contributed by atoms with E-state index in [9.17, 15) is 0 Å². The van der Waals surface area contributed by atoms with Crippen LogP contribution in [0.4, 0.5) is 11.8 Å². The van der Waals surface area contributed by atoms with Crippen molar-refractivity contribution < 1.29 is 14.2 Å². The number of hydrogen-bond acceptors (Lipinski definition) is 7. The van der Waals surface area contributed by atoms with E-state index in [1.54, 1.807) is 14.2 Å². The van der Waals surface area contributed by atoms with E-state index in [1.165, 1.54) is 5.56 Å². The van der Waals surface area contributed by atoms with E-state index in [0.717, 1.165) is 29.8 Å². The summed E-state index contributed by atoms with van der Waals surface area (Å²) in [5.41, 5.74) is 1.99. The molecule has 2 aromatic carbocycles. The topological polar surface area (TPSA) is 68.7 Å². The molecule has 0 aliphatic carbocycles. The number of methoxy groups -OCH3 is 2. The predicted octanol–water partition coefficient (Wildman–Crippen LogP) is 3.10. The summed E-state index contributed by atoms with van der Waals surface area (Å²) in [6.07, 6.45) is 0. The van der Waals surface area contributed by atoms with E-state index in [2.05, 4.69) is 22.3 Å². The largest absolute Gasteiger partial charge is 0.493 e. The van der Waals surface area contributed by atoms with E-state index in [0.29, 0.717) is 37.2 Å². The van der Waals surface area contributed by atoms with Crippen molar-refractivity contribution >= 4 is 22.7 Å². The Hall–Kier alpha value is -3.06. The van der Waals surface area contributed by atoms with Gasteiger partial charge in [0.1, 0.15) is 5.82 Å². The fourth-order valence-electron chi connectivity index (χ4n) is 3.26. The van der Waals surface area contributed by atoms with Crippen molar-refractivity contribution in [2.75, 3.05) is 50.7 Å². The van der Waals surface area contributed by atoms with Gasteiger partial charge >= 0.3 is 0 Å². The first-order chi connectivity index (χ1) is 13.8. The highest BCUT2D eigenvalue weighted by atomic mass is 16.5. The summed E-state index contributed by atoms with van der Waals surface area (Å²) in [7, 11) is 3.26. The smallest absolute Gasteiger partial charge is 0.228 e. The van der Waals surface area contributed by atoms with Crippen LogP contribution >= 0.6 is 0 Å². The first-order valence-electron chi connectivity index (χ1n) is 9.33. The van der Waals surface area contributed by atoms with Crippen molar-refractivity contribution in [1.29, 1.82) is 0 Å². The average Bonchev–Trinajstić information content (AvgIpc) is 2.77. The molecule has 0 bridgehead atoms. The number of aromatic nitrogens is 2. The zero-order valence-electron chi connectivity index (χ0n) is 16.1. The van der Waals surface area contributed by atoms with Crippen LogP contribution < -0.4 is 19.7 Å². The molecule has 7 nitrogen and oxygen atoms in total. The molecular weight excluding hydrogens is 356 g/mol. The second kappa shape index (κ2) is 8.31. The Balaban J connectivity index is 1.76. The third kappa shape index (κ3) is 3.80. The molecule has 4 rings (SSSR count). The van der Waals surface area contributed by atoms with Gasteiger partial charge in [0, 0.05) is 31.1 Å². The van der Waals surface area contributed by atoms with E-state index in [-0.39, 0.29) is 0 Å². The van der Waals surface area contributed by atoms with Crippen molar-refractivity contribution in [3.05, 3.63) is 48.0 Å². The number of ether oxygens (including phenoxy) is 3. The van der Waals surface area contributed by atoms with Gasteiger partial charge in [-0.1, -0.05) is 30.3 Å². The number of nitrogens with one attached hydrogen (secondary N) is 1. The number of nitrogens with zero attached hydrogens (tertiary/aromatic N) is 3. The summed E-state index contributed by atoms with van der Waals surface area (Å²) < 4.78 is 16.4. The van der Waals surface area contributed by atoms with Gasteiger partial charge in [-0.25, -0.2) is 4.98 Å². The lowest BCUT2D eigenvalue weighted by atomic mass is 10.2. The van der Waals surface area contributed by atoms with Crippen molar-refractivity contribution in [2.24, 2.45) is 0 Å². The Morgan fingerprint density at radius 2 is 1.71 bits per heavy atom. The highest BCUT2D eigenvalue weighted by Crippen LogP contribution is 2.35. The predicted molar refractivity (Wildman–Crippen MR) is 109 cm³/mol. The summed E-state index contributed by atoms with van der Waals surface area (Å²) in [5, 5.41) is 4.36. The van der Waals surface area contributed by atoms with E-state index >= 15 is 0 Å². The quantitative estimate of drug-likeness (QED) is 0.705. The summed E-state index contributed by atoms with van der Waals surface area (Å²) in [4.78, 5) is 11.8. The molecular formula is C21H24N4O3. The summed E-state index contributed by atoms with van der Waals surface area (Å²) in [5.74, 6) is 2.77. The minimum absolute atomic E-state index is 0.649. The Morgan fingerprint density at radius 1 is 1.00 bits per heavy atom. The monoisotopic (exact) mass is 380 g/mol. The minimum Gasteiger partial charge on any atom is -0.493 e. The maximum absolute atomic E-state index is 5.47. The number of hydrogen-bond donors (Lipinski definition) is 1. The van der Waals surface area contributed by atoms with Crippen LogP contribution in [0.2, 0.25) is 0 Å². The second-order valence-corrected chi connectivity index (χ2v) is 6.54. The van der Waals surface area contributed by atoms with Gasteiger partial charge in [-0.3, -0.25) is 0 Å². The number of benzene rings is 2. The number of anilines is 2. The van der Waals surface area contributed by atoms with Crippen LogP contribution in [0, 0.1) is 0 Å². The maximum Gasteiger partial charge on any atom is 0.228 e. The third-order valence-corrected chi connectivity index (χ3v) is 4.79. The molecule has 0 amide bonds. The number of morpholine rings is 1. The Bertz CT molecular complexity index is 943. The lowest BCUT2D eigenvalue weighted by molar-refractivity contribution is 0.122. The van der Waals surface area contributed by atoms with Gasteiger partial charge < -0.3 is 24.4 Å². The Morgan fingerprint density at radius 3 is 2.43 bits per heavy atom. The summed E-state index contributed by atoms with van der Waals surface area (Å²) in [6, 6.07) is 14.1. The molecule has 0 spiro atoms. The first-order valence-corrected chi connectivity index (χ1v) is 9.33. The average molecular weight is 380 g/mol. The van der Waals surface area contributed by atoms with Crippen molar-refractivity contribution in [2.45, 2.75) is 6.54 Å². The molecule has 1 saturated heterocycles. The van der Waals surface area contributed by atoms with E-state index in [1.807, 2.05) is 30.3 Å². The van der Waals surface area contributed by atoms with Gasteiger partial charge in [0.25, 0.3) is 0 Å². The molecule has 28 heavy (non-hydrogen) atoms. The zero-order valence-corrected chi connectivity index (χ0v) is 16.1. The van der Waals surface area contributed by atoms with Gasteiger partial charge in [-0.15, -0.1) is 0 Å². The highest BCUT2D eigenvalue weighted by Gasteiger charge is 2.18. The SMILES string of the molecule is COc1cc2nc(N3CCOCC3)nc(NCc3ccccc3)c2cc1OC. The van der Waals surface area contributed by atoms with Crippen molar-refractivity contribution in [3.63, 3.8) is 0 Å². The molecule has 1 aliphatic heterocycles. The molecule has 0 saturated carbocycles. The van der Waals surface area contributed by atoms with Crippen molar-refractivity contribution in [3.8, 4) is 11.5 Å². The van der Waals surface area contributed by atoms with Gasteiger partial charge in [0.05, 0.1) is 33.0 Å². The van der Waals surface area contributed by atoms with Gasteiger partial charge in [-0.2, -0.15) is 4.98 Å². The molecule has 1 aromatic heterocycles. The maximum atomic E-state index is 5.47. The fraction of sp³-hybridized carbons (Fsp3) is 0.333. The minimum atomic E-state index is 0.649. The second-order valence-electron chi connectivity index (χ2n) is 6.54. The molecule has 2 heterocycles. The number of rotatable bonds is 6.